The quantitative estimate of drug-likeness (QED) is 0.476. The molecule has 1 aromatic carbocycles. The number of halogens is 4. The van der Waals surface area contributed by atoms with Gasteiger partial charge in [0.05, 0.1) is 12.2 Å². The zero-order chi connectivity index (χ0) is 26.9. The number of pyridine rings is 1. The zero-order valence-corrected chi connectivity index (χ0v) is 21.3. The second kappa shape index (κ2) is 10.1. The first-order valence-electron chi connectivity index (χ1n) is 10.3. The molecule has 1 aliphatic rings. The molecule has 1 amide bonds. The van der Waals surface area contributed by atoms with Crippen LogP contribution < -0.4 is 14.4 Å². The number of anilines is 2. The highest BCUT2D eigenvalue weighted by atomic mass is 79.9. The van der Waals surface area contributed by atoms with E-state index in [9.17, 15) is 31.2 Å². The number of carbonyl (C=O) groups excluding carboxylic acids is 1. The van der Waals surface area contributed by atoms with E-state index in [1.54, 1.807) is 0 Å². The van der Waals surface area contributed by atoms with Crippen molar-refractivity contribution in [3.8, 4) is 5.75 Å². The molecule has 2 aromatic rings. The Morgan fingerprint density at radius 2 is 1.97 bits per heavy atom. The van der Waals surface area contributed by atoms with Crippen molar-refractivity contribution in [2.45, 2.75) is 49.5 Å². The number of hydrogen-bond acceptors (Lipinski definition) is 7. The standard InChI is InChI=1S/C21H21BrF3N3O7S/c1-20(2,21(23,24)25)35-19(31)27-13-3-5-17-16(8-13)28(11-14(34-17)4-6-18(29)30)36(32,33)15-7-12(22)9-26-10-15/h3,5,7-10,14H,4,6,11H2,1-2H3,(H,27,31)(H,29,30). The summed E-state index contributed by atoms with van der Waals surface area (Å²) < 4.78 is 77.7. The molecule has 0 spiro atoms. The van der Waals surface area contributed by atoms with Gasteiger partial charge in [0, 0.05) is 29.0 Å². The zero-order valence-electron chi connectivity index (χ0n) is 18.9. The Morgan fingerprint density at radius 3 is 2.58 bits per heavy atom. The SMILES string of the molecule is CC(C)(OC(=O)Nc1ccc2c(c1)N(S(=O)(=O)c1cncc(Br)c1)CC(CCC(=O)O)O2)C(F)(F)F. The van der Waals surface area contributed by atoms with E-state index in [1.165, 1.54) is 30.5 Å². The largest absolute Gasteiger partial charge is 0.486 e. The van der Waals surface area contributed by atoms with E-state index in [1.807, 2.05) is 0 Å². The molecule has 0 fully saturated rings. The molecule has 3 rings (SSSR count). The maximum absolute atomic E-state index is 13.5. The summed E-state index contributed by atoms with van der Waals surface area (Å²) in [7, 11) is -4.24. The van der Waals surface area contributed by atoms with E-state index >= 15 is 0 Å². The maximum atomic E-state index is 13.5. The summed E-state index contributed by atoms with van der Waals surface area (Å²) in [6.45, 7) is 1.11. The van der Waals surface area contributed by atoms with Crippen LogP contribution >= 0.6 is 15.9 Å². The van der Waals surface area contributed by atoms with Gasteiger partial charge < -0.3 is 14.6 Å². The average Bonchev–Trinajstić information content (AvgIpc) is 2.76. The Kier molecular flexibility index (Phi) is 7.74. The molecule has 36 heavy (non-hydrogen) atoms. The van der Waals surface area contributed by atoms with Crippen LogP contribution in [0.15, 0.2) is 46.0 Å². The number of alkyl halides is 3. The summed E-state index contributed by atoms with van der Waals surface area (Å²) in [6.07, 6.45) is -4.78. The van der Waals surface area contributed by atoms with Crippen molar-refractivity contribution in [3.63, 3.8) is 0 Å². The van der Waals surface area contributed by atoms with E-state index in [0.717, 1.165) is 10.5 Å². The summed E-state index contributed by atoms with van der Waals surface area (Å²) in [4.78, 5) is 26.8. The smallest absolute Gasteiger partial charge is 0.427 e. The third kappa shape index (κ3) is 6.19. The Morgan fingerprint density at radius 1 is 1.28 bits per heavy atom. The Hall–Kier alpha value is -3.07. The van der Waals surface area contributed by atoms with Gasteiger partial charge in [-0.05, 0) is 60.5 Å². The number of carboxylic acid groups (broad SMARTS) is 1. The molecule has 1 atom stereocenters. The van der Waals surface area contributed by atoms with Crippen LogP contribution in [-0.2, 0) is 19.6 Å². The number of carboxylic acids is 1. The normalized spacial score (nSPS) is 16.1. The summed E-state index contributed by atoms with van der Waals surface area (Å²) in [6, 6.07) is 5.12. The van der Waals surface area contributed by atoms with Crippen molar-refractivity contribution in [2.75, 3.05) is 16.2 Å². The van der Waals surface area contributed by atoms with E-state index < -0.39 is 40.0 Å². The lowest BCUT2D eigenvalue weighted by Gasteiger charge is -2.35. The van der Waals surface area contributed by atoms with Crippen LogP contribution in [0.2, 0.25) is 0 Å². The monoisotopic (exact) mass is 595 g/mol. The van der Waals surface area contributed by atoms with Crippen LogP contribution in [0.25, 0.3) is 0 Å². The van der Waals surface area contributed by atoms with Crippen molar-refractivity contribution in [2.24, 2.45) is 0 Å². The summed E-state index contributed by atoms with van der Waals surface area (Å²) in [5.41, 5.74) is -2.85. The molecule has 1 unspecified atom stereocenters. The van der Waals surface area contributed by atoms with Crippen molar-refractivity contribution in [1.29, 1.82) is 0 Å². The number of hydrogen-bond donors (Lipinski definition) is 2. The fraction of sp³-hybridized carbons (Fsp3) is 0.381. The lowest BCUT2D eigenvalue weighted by Crippen LogP contribution is -2.44. The lowest BCUT2D eigenvalue weighted by atomic mass is 10.1. The minimum Gasteiger partial charge on any atom is -0.486 e. The van der Waals surface area contributed by atoms with Gasteiger partial charge in [-0.1, -0.05) is 0 Å². The topological polar surface area (TPSA) is 135 Å². The molecule has 10 nitrogen and oxygen atoms in total. The second-order valence-corrected chi connectivity index (χ2v) is 11.0. The van der Waals surface area contributed by atoms with Gasteiger partial charge in [0.25, 0.3) is 10.0 Å². The minimum atomic E-state index is -4.82. The molecule has 2 N–H and O–H groups in total. The van der Waals surface area contributed by atoms with E-state index in [4.69, 9.17) is 9.84 Å². The van der Waals surface area contributed by atoms with Gasteiger partial charge in [-0.25, -0.2) is 13.2 Å². The highest BCUT2D eigenvalue weighted by Crippen LogP contribution is 2.40. The number of carbonyl (C=O) groups is 2. The molecule has 196 valence electrons. The molecule has 0 bridgehead atoms. The predicted octanol–water partition coefficient (Wildman–Crippen LogP) is 4.55. The summed E-state index contributed by atoms with van der Waals surface area (Å²) in [5.74, 6) is -1.02. The number of nitrogens with zero attached hydrogens (tertiary/aromatic N) is 2. The lowest BCUT2D eigenvalue weighted by molar-refractivity contribution is -0.242. The van der Waals surface area contributed by atoms with Crippen molar-refractivity contribution in [3.05, 3.63) is 41.1 Å². The number of ether oxygens (including phenoxy) is 2. The first-order chi connectivity index (χ1) is 16.6. The van der Waals surface area contributed by atoms with E-state index in [2.05, 4.69) is 31.0 Å². The van der Waals surface area contributed by atoms with E-state index in [0.29, 0.717) is 18.3 Å². The predicted molar refractivity (Wildman–Crippen MR) is 124 cm³/mol. The number of nitrogens with one attached hydrogen (secondary N) is 1. The molecule has 1 aliphatic heterocycles. The van der Waals surface area contributed by atoms with E-state index in [-0.39, 0.29) is 41.4 Å². The van der Waals surface area contributed by atoms with Gasteiger partial charge in [-0.3, -0.25) is 19.4 Å². The van der Waals surface area contributed by atoms with Crippen molar-refractivity contribution < 1.29 is 45.8 Å². The van der Waals surface area contributed by atoms with Gasteiger partial charge in [0.1, 0.15) is 16.7 Å². The third-order valence-electron chi connectivity index (χ3n) is 5.12. The summed E-state index contributed by atoms with van der Waals surface area (Å²) in [5, 5.41) is 11.2. The number of aromatic nitrogens is 1. The van der Waals surface area contributed by atoms with Gasteiger partial charge in [-0.15, -0.1) is 0 Å². The number of fused-ring (bicyclic) bond motifs is 1. The number of aliphatic carboxylic acids is 1. The number of benzene rings is 1. The van der Waals surface area contributed by atoms with Crippen molar-refractivity contribution in [1.82, 2.24) is 4.98 Å². The molecule has 2 heterocycles. The molecular weight excluding hydrogens is 575 g/mol. The van der Waals surface area contributed by atoms with Crippen molar-refractivity contribution >= 4 is 49.4 Å². The third-order valence-corrected chi connectivity index (χ3v) is 7.29. The minimum absolute atomic E-state index is 0.0103. The Balaban J connectivity index is 1.96. The van der Waals surface area contributed by atoms with Gasteiger partial charge in [0.15, 0.2) is 0 Å². The van der Waals surface area contributed by atoms with Crippen LogP contribution in [0.3, 0.4) is 0 Å². The number of sulfonamides is 1. The number of amides is 1. The maximum Gasteiger partial charge on any atom is 0.427 e. The van der Waals surface area contributed by atoms with Gasteiger partial charge in [0.2, 0.25) is 5.60 Å². The van der Waals surface area contributed by atoms with Gasteiger partial charge >= 0.3 is 18.2 Å². The number of rotatable bonds is 7. The molecule has 15 heteroatoms. The second-order valence-electron chi connectivity index (χ2n) is 8.25. The van der Waals surface area contributed by atoms with Gasteiger partial charge in [-0.2, -0.15) is 13.2 Å². The first kappa shape index (κ1) is 27.5. The molecule has 0 aliphatic carbocycles. The van der Waals surface area contributed by atoms with Crippen LogP contribution in [0, 0.1) is 0 Å². The molecule has 1 aromatic heterocycles. The first-order valence-corrected chi connectivity index (χ1v) is 12.6. The fourth-order valence-electron chi connectivity index (χ4n) is 3.15. The summed E-state index contributed by atoms with van der Waals surface area (Å²) >= 11 is 3.16. The van der Waals surface area contributed by atoms with Crippen LogP contribution in [0.1, 0.15) is 26.7 Å². The Labute approximate surface area is 212 Å². The average molecular weight is 596 g/mol. The molecule has 0 saturated heterocycles. The molecule has 0 saturated carbocycles. The highest BCUT2D eigenvalue weighted by molar-refractivity contribution is 9.10. The highest BCUT2D eigenvalue weighted by Gasteiger charge is 2.51. The fourth-order valence-corrected chi connectivity index (χ4v) is 5.15. The van der Waals surface area contributed by atoms with Crippen LogP contribution in [0.4, 0.5) is 29.3 Å². The van der Waals surface area contributed by atoms with Crippen LogP contribution in [-0.4, -0.2) is 55.0 Å². The molecular formula is C21H21BrF3N3O7S. The Bertz CT molecular complexity index is 1270. The van der Waals surface area contributed by atoms with Crippen LogP contribution in [0.5, 0.6) is 5.75 Å². The molecule has 0 radical (unpaired) electrons.